The molecule has 0 aliphatic heterocycles. The van der Waals surface area contributed by atoms with Crippen molar-refractivity contribution in [2.45, 2.75) is 13.0 Å². The van der Waals surface area contributed by atoms with Crippen LogP contribution in [0.15, 0.2) is 23.3 Å². The van der Waals surface area contributed by atoms with E-state index in [0.717, 1.165) is 5.69 Å². The highest BCUT2D eigenvalue weighted by Gasteiger charge is 2.16. The fraction of sp³-hybridized carbons (Fsp3) is 0.462. The van der Waals surface area contributed by atoms with Gasteiger partial charge in [-0.25, -0.2) is 4.98 Å². The Bertz CT molecular complexity index is 443. The molecule has 0 unspecified atom stereocenters. The van der Waals surface area contributed by atoms with Crippen LogP contribution in [-0.4, -0.2) is 38.4 Å². The monoisotopic (exact) mass is 348 g/mol. The molecule has 106 valence electrons. The molecule has 0 amide bonds. The zero-order valence-electron chi connectivity index (χ0n) is 11.3. The lowest BCUT2D eigenvalue weighted by molar-refractivity contribution is 0.123. The van der Waals surface area contributed by atoms with Gasteiger partial charge >= 0.3 is 0 Å². The van der Waals surface area contributed by atoms with Crippen LogP contribution in [0.1, 0.15) is 6.92 Å². The minimum Gasteiger partial charge on any atom is -0.480 e. The van der Waals surface area contributed by atoms with E-state index in [9.17, 15) is 0 Å². The maximum absolute atomic E-state index is 6.12. The van der Waals surface area contributed by atoms with Crippen molar-refractivity contribution in [1.29, 1.82) is 0 Å². The molecule has 1 atom stereocenters. The van der Waals surface area contributed by atoms with E-state index in [1.807, 2.05) is 19.1 Å². The Labute approximate surface area is 127 Å². The molecule has 0 spiro atoms. The predicted molar refractivity (Wildman–Crippen MR) is 82.4 cm³/mol. The van der Waals surface area contributed by atoms with Crippen molar-refractivity contribution in [3.8, 4) is 5.88 Å². The predicted octanol–water partition coefficient (Wildman–Crippen LogP) is 3.53. The van der Waals surface area contributed by atoms with Crippen LogP contribution in [0.25, 0.3) is 0 Å². The Morgan fingerprint density at radius 3 is 2.79 bits per heavy atom. The number of anilines is 1. The summed E-state index contributed by atoms with van der Waals surface area (Å²) in [7, 11) is 3.22. The van der Waals surface area contributed by atoms with Crippen LogP contribution >= 0.6 is 27.5 Å². The van der Waals surface area contributed by atoms with Crippen molar-refractivity contribution >= 4 is 33.2 Å². The summed E-state index contributed by atoms with van der Waals surface area (Å²) in [5.74, 6) is 0.399. The third-order valence-corrected chi connectivity index (χ3v) is 3.50. The lowest BCUT2D eigenvalue weighted by Gasteiger charge is -2.27. The number of nitrogens with zero attached hydrogens (tertiary/aromatic N) is 2. The second-order valence-electron chi connectivity index (χ2n) is 4.03. The van der Waals surface area contributed by atoms with Gasteiger partial charge in [0.25, 0.3) is 0 Å². The molecule has 4 nitrogen and oxygen atoms in total. The Balaban J connectivity index is 3.08. The Morgan fingerprint density at radius 1 is 1.58 bits per heavy atom. The first-order chi connectivity index (χ1) is 9.03. The summed E-state index contributed by atoms with van der Waals surface area (Å²) in [6, 6.07) is 1.82. The Morgan fingerprint density at radius 2 is 2.26 bits per heavy atom. The molecule has 0 saturated carbocycles. The van der Waals surface area contributed by atoms with Crippen LogP contribution in [0.4, 0.5) is 5.69 Å². The molecule has 1 rings (SSSR count). The topological polar surface area (TPSA) is 34.6 Å². The van der Waals surface area contributed by atoms with E-state index >= 15 is 0 Å². The molecular weight excluding hydrogens is 332 g/mol. The standard InChI is InChI=1S/C13H18BrClN2O2/c1-5-6-17(8-9(2)18-3)11-7-10(15)13(19-4)16-12(11)14/h5,7,9H,1,6,8H2,2-4H3/t9-/m0/s1. The Kier molecular flexibility index (Phi) is 6.62. The second-order valence-corrected chi connectivity index (χ2v) is 5.19. The number of pyridine rings is 1. The zero-order valence-corrected chi connectivity index (χ0v) is 13.7. The summed E-state index contributed by atoms with van der Waals surface area (Å²) >= 11 is 9.56. The van der Waals surface area contributed by atoms with Gasteiger partial charge in [-0.3, -0.25) is 0 Å². The first-order valence-corrected chi connectivity index (χ1v) is 6.99. The minimum atomic E-state index is 0.0905. The highest BCUT2D eigenvalue weighted by Crippen LogP contribution is 2.33. The van der Waals surface area contributed by atoms with Gasteiger partial charge in [0.1, 0.15) is 9.63 Å². The summed E-state index contributed by atoms with van der Waals surface area (Å²) in [5, 5.41) is 0.472. The van der Waals surface area contributed by atoms with Crippen molar-refractivity contribution in [3.63, 3.8) is 0 Å². The van der Waals surface area contributed by atoms with E-state index in [4.69, 9.17) is 21.1 Å². The van der Waals surface area contributed by atoms with Gasteiger partial charge in [0.15, 0.2) is 0 Å². The first-order valence-electron chi connectivity index (χ1n) is 5.82. The van der Waals surface area contributed by atoms with Gasteiger partial charge in [-0.1, -0.05) is 17.7 Å². The van der Waals surface area contributed by atoms with Crippen molar-refractivity contribution in [3.05, 3.63) is 28.3 Å². The number of halogens is 2. The molecule has 1 aromatic heterocycles. The van der Waals surface area contributed by atoms with Gasteiger partial charge < -0.3 is 14.4 Å². The average Bonchev–Trinajstić information content (AvgIpc) is 2.40. The molecule has 0 aromatic carbocycles. The van der Waals surface area contributed by atoms with Crippen molar-refractivity contribution in [1.82, 2.24) is 4.98 Å². The van der Waals surface area contributed by atoms with E-state index in [1.54, 1.807) is 7.11 Å². The molecule has 6 heteroatoms. The summed E-state index contributed by atoms with van der Waals surface area (Å²) in [6.07, 6.45) is 1.92. The third kappa shape index (κ3) is 4.37. The number of rotatable bonds is 7. The van der Waals surface area contributed by atoms with Crippen LogP contribution < -0.4 is 9.64 Å². The van der Waals surface area contributed by atoms with Gasteiger partial charge in [0.2, 0.25) is 5.88 Å². The third-order valence-electron chi connectivity index (χ3n) is 2.64. The van der Waals surface area contributed by atoms with Gasteiger partial charge in [-0.2, -0.15) is 0 Å². The van der Waals surface area contributed by atoms with E-state index in [0.29, 0.717) is 28.6 Å². The summed E-state index contributed by atoms with van der Waals surface area (Å²) in [5.41, 5.74) is 0.884. The molecular formula is C13H18BrClN2O2. The van der Waals surface area contributed by atoms with E-state index in [-0.39, 0.29) is 6.10 Å². The molecule has 0 fully saturated rings. The smallest absolute Gasteiger partial charge is 0.233 e. The maximum atomic E-state index is 6.12. The lowest BCUT2D eigenvalue weighted by Crippen LogP contribution is -2.32. The molecule has 0 N–H and O–H groups in total. The molecule has 0 saturated heterocycles. The quantitative estimate of drug-likeness (QED) is 0.557. The maximum Gasteiger partial charge on any atom is 0.233 e. The summed E-state index contributed by atoms with van der Waals surface area (Å²) in [6.45, 7) is 7.16. The largest absolute Gasteiger partial charge is 0.480 e. The van der Waals surface area contributed by atoms with Crippen molar-refractivity contribution in [2.24, 2.45) is 0 Å². The van der Waals surface area contributed by atoms with E-state index in [1.165, 1.54) is 7.11 Å². The zero-order chi connectivity index (χ0) is 14.4. The molecule has 0 radical (unpaired) electrons. The van der Waals surface area contributed by atoms with Crippen LogP contribution in [0, 0.1) is 0 Å². The van der Waals surface area contributed by atoms with Crippen LogP contribution in [0.2, 0.25) is 5.02 Å². The normalized spacial score (nSPS) is 12.1. The fourth-order valence-corrected chi connectivity index (χ4v) is 2.37. The molecule has 1 heterocycles. The van der Waals surface area contributed by atoms with E-state index in [2.05, 4.69) is 32.4 Å². The van der Waals surface area contributed by atoms with Crippen LogP contribution in [0.3, 0.4) is 0 Å². The van der Waals surface area contributed by atoms with Crippen molar-refractivity contribution in [2.75, 3.05) is 32.2 Å². The molecule has 19 heavy (non-hydrogen) atoms. The minimum absolute atomic E-state index is 0.0905. The number of hydrogen-bond acceptors (Lipinski definition) is 4. The SMILES string of the molecule is C=CCN(C[C@H](C)OC)c1cc(Cl)c(OC)nc1Br. The Hall–Kier alpha value is -0.780. The number of methoxy groups -OCH3 is 2. The van der Waals surface area contributed by atoms with Gasteiger partial charge in [-0.15, -0.1) is 6.58 Å². The highest BCUT2D eigenvalue weighted by molar-refractivity contribution is 9.10. The molecule has 1 aromatic rings. The number of ether oxygens (including phenoxy) is 2. The molecule has 0 aliphatic rings. The summed E-state index contributed by atoms with van der Waals surface area (Å²) < 4.78 is 11.1. The molecule has 0 bridgehead atoms. The second kappa shape index (κ2) is 7.72. The van der Waals surface area contributed by atoms with Gasteiger partial charge in [0, 0.05) is 20.2 Å². The first kappa shape index (κ1) is 16.3. The highest BCUT2D eigenvalue weighted by atomic mass is 79.9. The van der Waals surface area contributed by atoms with Crippen LogP contribution in [0.5, 0.6) is 5.88 Å². The number of hydrogen-bond donors (Lipinski definition) is 0. The van der Waals surface area contributed by atoms with Gasteiger partial charge in [-0.05, 0) is 28.9 Å². The van der Waals surface area contributed by atoms with Gasteiger partial charge in [0.05, 0.1) is 18.9 Å². The van der Waals surface area contributed by atoms with E-state index < -0.39 is 0 Å². The summed E-state index contributed by atoms with van der Waals surface area (Å²) in [4.78, 5) is 6.36. The van der Waals surface area contributed by atoms with Crippen LogP contribution in [-0.2, 0) is 4.74 Å². The lowest BCUT2D eigenvalue weighted by atomic mass is 10.3. The van der Waals surface area contributed by atoms with Crippen molar-refractivity contribution < 1.29 is 9.47 Å². The average molecular weight is 350 g/mol. The molecule has 0 aliphatic carbocycles. The number of aromatic nitrogens is 1. The fourth-order valence-electron chi connectivity index (χ4n) is 1.62.